The number of ether oxygens (including phenoxy) is 1. The van der Waals surface area contributed by atoms with E-state index in [1.165, 1.54) is 0 Å². The number of hydrogen-bond acceptors (Lipinski definition) is 5. The lowest BCUT2D eigenvalue weighted by molar-refractivity contribution is -0.137. The van der Waals surface area contributed by atoms with Crippen molar-refractivity contribution in [3.05, 3.63) is 35.4 Å². The highest BCUT2D eigenvalue weighted by molar-refractivity contribution is 7.91. The van der Waals surface area contributed by atoms with Gasteiger partial charge in [0.1, 0.15) is 0 Å². The van der Waals surface area contributed by atoms with Gasteiger partial charge in [0.2, 0.25) is 0 Å². The minimum absolute atomic E-state index is 0.0478. The molecule has 1 atom stereocenters. The van der Waals surface area contributed by atoms with Crippen LogP contribution < -0.4 is 5.32 Å². The molecule has 0 aliphatic carbocycles. The second-order valence-corrected chi connectivity index (χ2v) is 8.29. The van der Waals surface area contributed by atoms with Gasteiger partial charge in [-0.15, -0.1) is 0 Å². The number of benzene rings is 1. The van der Waals surface area contributed by atoms with E-state index in [4.69, 9.17) is 4.74 Å². The Hall–Kier alpha value is -2.10. The normalized spacial score (nSPS) is 22.4. The zero-order valence-corrected chi connectivity index (χ0v) is 14.0. The second-order valence-electron chi connectivity index (χ2n) is 6.11. The van der Waals surface area contributed by atoms with Crippen LogP contribution >= 0.6 is 0 Å². The van der Waals surface area contributed by atoms with E-state index in [0.717, 1.165) is 18.2 Å². The number of hydrogen-bond donors (Lipinski definition) is 1. The maximum atomic E-state index is 12.6. The average molecular weight is 379 g/mol. The van der Waals surface area contributed by atoms with Crippen LogP contribution in [-0.2, 0) is 25.5 Å². The molecule has 0 unspecified atom stereocenters. The summed E-state index contributed by atoms with van der Waals surface area (Å²) < 4.78 is 65.5. The number of nitrogens with one attached hydrogen (secondary N) is 1. The Balaban J connectivity index is 1.93. The molecule has 6 nitrogen and oxygen atoms in total. The van der Waals surface area contributed by atoms with Gasteiger partial charge in [-0.3, -0.25) is 4.79 Å². The van der Waals surface area contributed by atoms with Crippen LogP contribution in [0.3, 0.4) is 0 Å². The van der Waals surface area contributed by atoms with E-state index in [2.05, 4.69) is 5.32 Å². The molecule has 0 aromatic heterocycles. The Morgan fingerprint density at radius 1 is 1.32 bits per heavy atom. The second kappa shape index (κ2) is 6.66. The number of amides is 1. The van der Waals surface area contributed by atoms with Crippen molar-refractivity contribution >= 4 is 21.7 Å². The molecule has 1 aliphatic heterocycles. The summed E-state index contributed by atoms with van der Waals surface area (Å²) in [7, 11) is -3.22. The molecule has 1 aliphatic rings. The third kappa shape index (κ3) is 5.18. The van der Waals surface area contributed by atoms with Gasteiger partial charge in [-0.1, -0.05) is 6.07 Å². The highest BCUT2D eigenvalue weighted by Crippen LogP contribution is 2.29. The molecule has 2 rings (SSSR count). The Labute approximate surface area is 142 Å². The van der Waals surface area contributed by atoms with E-state index in [1.54, 1.807) is 6.92 Å². The fourth-order valence-electron chi connectivity index (χ4n) is 2.52. The standard InChI is InChI=1S/C15H16F3NO5S/c1-14(5-6-25(22,23)9-14)19-12(20)8-24-13(21)10-3-2-4-11(7-10)15(16,17)18/h2-4,7H,5-6,8-9H2,1H3,(H,19,20)/t14-/m0/s1. The van der Waals surface area contributed by atoms with Crippen molar-refractivity contribution in [1.29, 1.82) is 0 Å². The van der Waals surface area contributed by atoms with Crippen molar-refractivity contribution in [2.45, 2.75) is 25.1 Å². The number of carbonyl (C=O) groups excluding carboxylic acids is 2. The van der Waals surface area contributed by atoms with Crippen LogP contribution in [0.5, 0.6) is 0 Å². The molecule has 25 heavy (non-hydrogen) atoms. The molecular weight excluding hydrogens is 363 g/mol. The molecule has 1 heterocycles. The van der Waals surface area contributed by atoms with Gasteiger partial charge in [-0.05, 0) is 31.5 Å². The third-order valence-electron chi connectivity index (χ3n) is 3.70. The molecular formula is C15H16F3NO5S. The predicted molar refractivity (Wildman–Crippen MR) is 81.5 cm³/mol. The molecule has 0 bridgehead atoms. The molecule has 0 saturated carbocycles. The average Bonchev–Trinajstić information content (AvgIpc) is 2.77. The van der Waals surface area contributed by atoms with Crippen LogP contribution in [-0.4, -0.2) is 43.9 Å². The fourth-order valence-corrected chi connectivity index (χ4v) is 4.61. The first-order chi connectivity index (χ1) is 11.4. The predicted octanol–water partition coefficient (Wildman–Crippen LogP) is 1.56. The highest BCUT2D eigenvalue weighted by atomic mass is 32.2. The van der Waals surface area contributed by atoms with Gasteiger partial charge < -0.3 is 10.1 Å². The summed E-state index contributed by atoms with van der Waals surface area (Å²) in [5.41, 5.74) is -2.29. The van der Waals surface area contributed by atoms with Gasteiger partial charge in [0.25, 0.3) is 5.91 Å². The highest BCUT2D eigenvalue weighted by Gasteiger charge is 2.39. The molecule has 0 spiro atoms. The quantitative estimate of drug-likeness (QED) is 0.802. The first-order valence-corrected chi connectivity index (χ1v) is 9.08. The van der Waals surface area contributed by atoms with Crippen LogP contribution in [0.25, 0.3) is 0 Å². The van der Waals surface area contributed by atoms with Gasteiger partial charge in [-0.2, -0.15) is 13.2 Å². The van der Waals surface area contributed by atoms with Gasteiger partial charge >= 0.3 is 12.1 Å². The largest absolute Gasteiger partial charge is 0.452 e. The lowest BCUT2D eigenvalue weighted by Crippen LogP contribution is -2.48. The number of esters is 1. The van der Waals surface area contributed by atoms with E-state index in [9.17, 15) is 31.2 Å². The molecule has 1 fully saturated rings. The number of carbonyl (C=O) groups is 2. The van der Waals surface area contributed by atoms with Crippen LogP contribution in [0.2, 0.25) is 0 Å². The third-order valence-corrected chi connectivity index (χ3v) is 5.61. The maximum Gasteiger partial charge on any atom is 0.416 e. The molecule has 1 N–H and O–H groups in total. The first-order valence-electron chi connectivity index (χ1n) is 7.26. The number of sulfone groups is 1. The maximum absolute atomic E-state index is 12.6. The fraction of sp³-hybridized carbons (Fsp3) is 0.467. The van der Waals surface area contributed by atoms with Crippen molar-refractivity contribution in [2.24, 2.45) is 0 Å². The topological polar surface area (TPSA) is 89.5 Å². The summed E-state index contributed by atoms with van der Waals surface area (Å²) in [5, 5.41) is 2.48. The van der Waals surface area contributed by atoms with Crippen LogP contribution in [0.15, 0.2) is 24.3 Å². The van der Waals surface area contributed by atoms with Crippen molar-refractivity contribution in [3.8, 4) is 0 Å². The van der Waals surface area contributed by atoms with E-state index < -0.39 is 45.6 Å². The lowest BCUT2D eigenvalue weighted by Gasteiger charge is -2.23. The Bertz CT molecular complexity index is 791. The number of halogens is 3. The minimum Gasteiger partial charge on any atom is -0.452 e. The van der Waals surface area contributed by atoms with E-state index in [1.807, 2.05) is 0 Å². The molecule has 0 radical (unpaired) electrons. The van der Waals surface area contributed by atoms with Gasteiger partial charge in [0.15, 0.2) is 16.4 Å². The first kappa shape index (κ1) is 19.2. The minimum atomic E-state index is -4.60. The summed E-state index contributed by atoms with van der Waals surface area (Å²) in [6, 6.07) is 3.64. The van der Waals surface area contributed by atoms with Crippen LogP contribution in [0.1, 0.15) is 29.3 Å². The summed E-state index contributed by atoms with van der Waals surface area (Å²) >= 11 is 0. The summed E-state index contributed by atoms with van der Waals surface area (Å²) in [4.78, 5) is 23.6. The summed E-state index contributed by atoms with van der Waals surface area (Å²) in [5.74, 6) is -2.06. The zero-order chi connectivity index (χ0) is 18.9. The Kier molecular flexibility index (Phi) is 5.12. The summed E-state index contributed by atoms with van der Waals surface area (Å²) in [6.07, 6.45) is -4.36. The molecule has 1 saturated heterocycles. The van der Waals surface area contributed by atoms with E-state index >= 15 is 0 Å². The van der Waals surface area contributed by atoms with Gasteiger partial charge in [0, 0.05) is 0 Å². The molecule has 10 heteroatoms. The molecule has 1 aromatic carbocycles. The monoisotopic (exact) mass is 379 g/mol. The molecule has 1 aromatic rings. The van der Waals surface area contributed by atoms with Crippen LogP contribution in [0, 0.1) is 0 Å². The lowest BCUT2D eigenvalue weighted by atomic mass is 10.0. The van der Waals surface area contributed by atoms with Gasteiger partial charge in [0.05, 0.1) is 28.2 Å². The molecule has 1 amide bonds. The Morgan fingerprint density at radius 3 is 2.56 bits per heavy atom. The number of alkyl halides is 3. The van der Waals surface area contributed by atoms with E-state index in [-0.39, 0.29) is 23.5 Å². The van der Waals surface area contributed by atoms with Crippen molar-refractivity contribution in [3.63, 3.8) is 0 Å². The SMILES string of the molecule is C[C@]1(NC(=O)COC(=O)c2cccc(C(F)(F)F)c2)CCS(=O)(=O)C1. The van der Waals surface area contributed by atoms with Gasteiger partial charge in [-0.25, -0.2) is 13.2 Å². The van der Waals surface area contributed by atoms with E-state index in [0.29, 0.717) is 6.07 Å². The number of rotatable bonds is 4. The summed E-state index contributed by atoms with van der Waals surface area (Å²) in [6.45, 7) is 0.842. The van der Waals surface area contributed by atoms with Crippen molar-refractivity contribution in [1.82, 2.24) is 5.32 Å². The zero-order valence-electron chi connectivity index (χ0n) is 13.2. The smallest absolute Gasteiger partial charge is 0.416 e. The van der Waals surface area contributed by atoms with Crippen molar-refractivity contribution < 1.29 is 35.9 Å². The molecule has 138 valence electrons. The Morgan fingerprint density at radius 2 is 2.00 bits per heavy atom. The van der Waals surface area contributed by atoms with Crippen molar-refractivity contribution in [2.75, 3.05) is 18.1 Å². The van der Waals surface area contributed by atoms with Crippen LogP contribution in [0.4, 0.5) is 13.2 Å².